The number of nitrogens with zero attached hydrogens (tertiary/aromatic N) is 3. The standard InChI is InChI=1S/C21H23N3O3/c1-2-19(26)23-11-17-21(18(13-25)24(17)20(27)12-23)15-7-5-14(6-8-15)16-4-3-9-22-10-16/h3-10,17-18,21,25H,2,11-13H2,1H3/t17-,18+,21+/m0/s1. The lowest BCUT2D eigenvalue weighted by Crippen LogP contribution is -2.73. The molecule has 2 aliphatic heterocycles. The Morgan fingerprint density at radius 2 is 2.00 bits per heavy atom. The van der Waals surface area contributed by atoms with Gasteiger partial charge in [0.15, 0.2) is 0 Å². The first-order valence-electron chi connectivity index (χ1n) is 9.34. The van der Waals surface area contributed by atoms with Gasteiger partial charge in [0.05, 0.1) is 25.2 Å². The molecule has 6 nitrogen and oxygen atoms in total. The smallest absolute Gasteiger partial charge is 0.242 e. The van der Waals surface area contributed by atoms with Gasteiger partial charge in [-0.15, -0.1) is 0 Å². The quantitative estimate of drug-likeness (QED) is 0.894. The molecule has 0 saturated carbocycles. The summed E-state index contributed by atoms with van der Waals surface area (Å²) in [7, 11) is 0. The maximum absolute atomic E-state index is 12.5. The molecule has 3 atom stereocenters. The summed E-state index contributed by atoms with van der Waals surface area (Å²) >= 11 is 0. The Kier molecular flexibility index (Phi) is 4.66. The number of fused-ring (bicyclic) bond motifs is 1. The van der Waals surface area contributed by atoms with Gasteiger partial charge in [0.1, 0.15) is 0 Å². The highest BCUT2D eigenvalue weighted by Crippen LogP contribution is 2.43. The Morgan fingerprint density at radius 1 is 1.22 bits per heavy atom. The first-order chi connectivity index (χ1) is 13.1. The fraction of sp³-hybridized carbons (Fsp3) is 0.381. The zero-order valence-electron chi connectivity index (χ0n) is 15.3. The van der Waals surface area contributed by atoms with Gasteiger partial charge in [0.25, 0.3) is 0 Å². The van der Waals surface area contributed by atoms with Crippen molar-refractivity contribution >= 4 is 11.8 Å². The summed E-state index contributed by atoms with van der Waals surface area (Å²) in [6.45, 7) is 2.39. The number of aromatic nitrogens is 1. The minimum Gasteiger partial charge on any atom is -0.394 e. The van der Waals surface area contributed by atoms with E-state index in [1.807, 2.05) is 37.4 Å². The zero-order valence-corrected chi connectivity index (χ0v) is 15.3. The maximum atomic E-state index is 12.5. The number of rotatable bonds is 4. The molecule has 1 aromatic carbocycles. The fourth-order valence-electron chi connectivity index (χ4n) is 4.34. The van der Waals surface area contributed by atoms with E-state index in [0.717, 1.165) is 16.7 Å². The Bertz CT molecular complexity index is 838. The molecule has 2 aliphatic rings. The SMILES string of the molecule is CCC(=O)N1CC(=O)N2[C@H](CO)[C@H](c3ccc(-c4cccnc4)cc3)[C@@H]2C1. The van der Waals surface area contributed by atoms with Crippen molar-refractivity contribution in [2.75, 3.05) is 19.7 Å². The predicted molar refractivity (Wildman–Crippen MR) is 101 cm³/mol. The van der Waals surface area contributed by atoms with Crippen LogP contribution >= 0.6 is 0 Å². The van der Waals surface area contributed by atoms with Crippen molar-refractivity contribution < 1.29 is 14.7 Å². The van der Waals surface area contributed by atoms with E-state index in [-0.39, 0.29) is 43.0 Å². The van der Waals surface area contributed by atoms with Crippen LogP contribution in [0.2, 0.25) is 0 Å². The first-order valence-corrected chi connectivity index (χ1v) is 9.34. The van der Waals surface area contributed by atoms with Crippen molar-refractivity contribution in [3.05, 3.63) is 54.4 Å². The number of carbonyl (C=O) groups excluding carboxylic acids is 2. The highest BCUT2D eigenvalue weighted by Gasteiger charge is 2.54. The fourth-order valence-corrected chi connectivity index (χ4v) is 4.34. The Labute approximate surface area is 158 Å². The summed E-state index contributed by atoms with van der Waals surface area (Å²) in [6.07, 6.45) is 3.97. The molecule has 0 spiro atoms. The summed E-state index contributed by atoms with van der Waals surface area (Å²) < 4.78 is 0. The third kappa shape index (κ3) is 3.00. The molecule has 1 N–H and O–H groups in total. The van der Waals surface area contributed by atoms with E-state index in [0.29, 0.717) is 13.0 Å². The lowest BCUT2D eigenvalue weighted by Gasteiger charge is -2.58. The second-order valence-corrected chi connectivity index (χ2v) is 7.14. The monoisotopic (exact) mass is 365 g/mol. The topological polar surface area (TPSA) is 73.7 Å². The van der Waals surface area contributed by atoms with Crippen LogP contribution in [0, 0.1) is 0 Å². The van der Waals surface area contributed by atoms with Crippen molar-refractivity contribution in [2.45, 2.75) is 31.3 Å². The van der Waals surface area contributed by atoms with Crippen LogP contribution < -0.4 is 0 Å². The number of amides is 2. The van der Waals surface area contributed by atoms with Crippen LogP contribution in [0.5, 0.6) is 0 Å². The van der Waals surface area contributed by atoms with Gasteiger partial charge in [0, 0.05) is 31.3 Å². The Balaban J connectivity index is 1.58. The Morgan fingerprint density at radius 3 is 2.63 bits per heavy atom. The van der Waals surface area contributed by atoms with Crippen LogP contribution in [-0.4, -0.2) is 63.5 Å². The summed E-state index contributed by atoms with van der Waals surface area (Å²) in [5.41, 5.74) is 3.21. The van der Waals surface area contributed by atoms with E-state index in [9.17, 15) is 14.7 Å². The second kappa shape index (κ2) is 7.12. The van der Waals surface area contributed by atoms with Crippen LogP contribution in [0.25, 0.3) is 11.1 Å². The molecule has 1 aromatic heterocycles. The van der Waals surface area contributed by atoms with E-state index >= 15 is 0 Å². The summed E-state index contributed by atoms with van der Waals surface area (Å²) in [4.78, 5) is 32.1. The van der Waals surface area contributed by atoms with Crippen molar-refractivity contribution in [2.24, 2.45) is 0 Å². The molecule has 2 aromatic rings. The lowest BCUT2D eigenvalue weighted by molar-refractivity contribution is -0.166. The third-order valence-electron chi connectivity index (χ3n) is 5.70. The molecular weight excluding hydrogens is 342 g/mol. The normalized spacial score (nSPS) is 24.4. The van der Waals surface area contributed by atoms with Crippen LogP contribution in [0.1, 0.15) is 24.8 Å². The number of pyridine rings is 1. The van der Waals surface area contributed by atoms with E-state index in [1.54, 1.807) is 16.0 Å². The predicted octanol–water partition coefficient (Wildman–Crippen LogP) is 1.66. The molecule has 140 valence electrons. The molecule has 27 heavy (non-hydrogen) atoms. The molecule has 3 heterocycles. The highest BCUT2D eigenvalue weighted by molar-refractivity contribution is 5.87. The first kappa shape index (κ1) is 17.7. The minimum atomic E-state index is -0.217. The number of hydrogen-bond donors (Lipinski definition) is 1. The van der Waals surface area contributed by atoms with Crippen LogP contribution in [0.3, 0.4) is 0 Å². The van der Waals surface area contributed by atoms with E-state index in [2.05, 4.69) is 17.1 Å². The van der Waals surface area contributed by atoms with Gasteiger partial charge in [-0.05, 0) is 22.8 Å². The maximum Gasteiger partial charge on any atom is 0.242 e. The average molecular weight is 365 g/mol. The number of aliphatic hydroxyl groups excluding tert-OH is 1. The number of carbonyl (C=O) groups is 2. The second-order valence-electron chi connectivity index (χ2n) is 7.14. The molecule has 0 radical (unpaired) electrons. The zero-order chi connectivity index (χ0) is 19.0. The lowest BCUT2D eigenvalue weighted by atomic mass is 9.73. The molecule has 6 heteroatoms. The van der Waals surface area contributed by atoms with E-state index in [4.69, 9.17) is 0 Å². The molecule has 0 unspecified atom stereocenters. The molecule has 2 fully saturated rings. The van der Waals surface area contributed by atoms with E-state index in [1.165, 1.54) is 0 Å². The molecular formula is C21H23N3O3. The van der Waals surface area contributed by atoms with Crippen molar-refractivity contribution in [1.82, 2.24) is 14.8 Å². The van der Waals surface area contributed by atoms with Crippen molar-refractivity contribution in [3.63, 3.8) is 0 Å². The number of aliphatic hydroxyl groups is 1. The third-order valence-corrected chi connectivity index (χ3v) is 5.70. The van der Waals surface area contributed by atoms with Crippen molar-refractivity contribution in [3.8, 4) is 11.1 Å². The largest absolute Gasteiger partial charge is 0.394 e. The van der Waals surface area contributed by atoms with Crippen molar-refractivity contribution in [1.29, 1.82) is 0 Å². The molecule has 2 saturated heterocycles. The summed E-state index contributed by atoms with van der Waals surface area (Å²) in [5.74, 6) is -0.0363. The van der Waals surface area contributed by atoms with Gasteiger partial charge in [-0.2, -0.15) is 0 Å². The van der Waals surface area contributed by atoms with Gasteiger partial charge >= 0.3 is 0 Å². The molecule has 2 amide bonds. The van der Waals surface area contributed by atoms with Gasteiger partial charge < -0.3 is 14.9 Å². The molecule has 4 rings (SSSR count). The van der Waals surface area contributed by atoms with Gasteiger partial charge in [-0.3, -0.25) is 14.6 Å². The van der Waals surface area contributed by atoms with Crippen LogP contribution in [0.15, 0.2) is 48.8 Å². The summed E-state index contributed by atoms with van der Waals surface area (Å²) in [5, 5.41) is 9.85. The number of hydrogen-bond acceptors (Lipinski definition) is 4. The summed E-state index contributed by atoms with van der Waals surface area (Å²) in [6, 6.07) is 11.8. The van der Waals surface area contributed by atoms with Gasteiger partial charge in [-0.25, -0.2) is 0 Å². The van der Waals surface area contributed by atoms with Crippen LogP contribution in [-0.2, 0) is 9.59 Å². The molecule has 0 aliphatic carbocycles. The van der Waals surface area contributed by atoms with E-state index < -0.39 is 0 Å². The highest BCUT2D eigenvalue weighted by atomic mass is 16.3. The number of benzene rings is 1. The van der Waals surface area contributed by atoms with Gasteiger partial charge in [0.2, 0.25) is 11.8 Å². The van der Waals surface area contributed by atoms with Gasteiger partial charge in [-0.1, -0.05) is 37.3 Å². The molecule has 0 bridgehead atoms. The van der Waals surface area contributed by atoms with Crippen LogP contribution in [0.4, 0.5) is 0 Å². The number of piperazine rings is 1. The minimum absolute atomic E-state index is 0.00104. The Hall–Kier alpha value is -2.73. The average Bonchev–Trinajstić information content (AvgIpc) is 2.70.